The van der Waals surface area contributed by atoms with Crippen LogP contribution in [0.3, 0.4) is 0 Å². The van der Waals surface area contributed by atoms with Gasteiger partial charge in [0.2, 0.25) is 11.8 Å². The summed E-state index contributed by atoms with van der Waals surface area (Å²) in [4.78, 5) is 27.0. The van der Waals surface area contributed by atoms with Crippen LogP contribution < -0.4 is 10.6 Å². The molecule has 1 aliphatic rings. The summed E-state index contributed by atoms with van der Waals surface area (Å²) in [7, 11) is -3.53. The van der Waals surface area contributed by atoms with Gasteiger partial charge >= 0.3 is 0 Å². The van der Waals surface area contributed by atoms with Gasteiger partial charge in [-0.2, -0.15) is 0 Å². The average molecular weight is 591 g/mol. The molecule has 10 heteroatoms. The van der Waals surface area contributed by atoms with Crippen LogP contribution in [0.5, 0.6) is 0 Å². The van der Waals surface area contributed by atoms with Crippen molar-refractivity contribution in [3.63, 3.8) is 0 Å². The Hall–Kier alpha value is -2.53. The molecule has 2 aromatic rings. The SMILES string of the molecule is CCS(=O)(=O)C[C@@H](Cc1cccc2ccccc12)C(=O)N[C@@H](CCO)C(=O)N[C@@H](CC1CCCCC1)[C@@H](O)[C@H](C)O. The van der Waals surface area contributed by atoms with Gasteiger partial charge in [-0.1, -0.05) is 81.5 Å². The van der Waals surface area contributed by atoms with Crippen LogP contribution >= 0.6 is 0 Å². The Bertz CT molecular complexity index is 1240. The third kappa shape index (κ3) is 9.77. The molecular weight excluding hydrogens is 544 g/mol. The quantitative estimate of drug-likeness (QED) is 0.214. The molecule has 1 saturated carbocycles. The van der Waals surface area contributed by atoms with Gasteiger partial charge in [-0.15, -0.1) is 0 Å². The van der Waals surface area contributed by atoms with Gasteiger partial charge in [-0.3, -0.25) is 9.59 Å². The summed E-state index contributed by atoms with van der Waals surface area (Å²) in [5, 5.41) is 37.8. The normalized spacial score (nSPS) is 18.3. The monoisotopic (exact) mass is 590 g/mol. The molecule has 41 heavy (non-hydrogen) atoms. The molecule has 228 valence electrons. The molecule has 0 bridgehead atoms. The van der Waals surface area contributed by atoms with Crippen molar-refractivity contribution < 1.29 is 33.3 Å². The number of benzene rings is 2. The number of carbonyl (C=O) groups is 2. The van der Waals surface area contributed by atoms with E-state index in [-0.39, 0.29) is 31.0 Å². The maximum absolute atomic E-state index is 13.6. The minimum Gasteiger partial charge on any atom is -0.396 e. The maximum Gasteiger partial charge on any atom is 0.242 e. The van der Waals surface area contributed by atoms with Crippen molar-refractivity contribution in [2.24, 2.45) is 11.8 Å². The van der Waals surface area contributed by atoms with Gasteiger partial charge in [0.1, 0.15) is 6.04 Å². The lowest BCUT2D eigenvalue weighted by Gasteiger charge is -2.32. The highest BCUT2D eigenvalue weighted by atomic mass is 32.2. The molecule has 0 radical (unpaired) electrons. The molecule has 2 amide bonds. The minimum atomic E-state index is -3.53. The van der Waals surface area contributed by atoms with Crippen LogP contribution in [0.4, 0.5) is 0 Å². The van der Waals surface area contributed by atoms with Crippen LogP contribution in [0.25, 0.3) is 10.8 Å². The summed E-state index contributed by atoms with van der Waals surface area (Å²) >= 11 is 0. The summed E-state index contributed by atoms with van der Waals surface area (Å²) in [6.07, 6.45) is 3.59. The maximum atomic E-state index is 13.6. The van der Waals surface area contributed by atoms with Crippen LogP contribution in [0.1, 0.15) is 64.4 Å². The molecule has 9 nitrogen and oxygen atoms in total. The molecule has 5 atom stereocenters. The summed E-state index contributed by atoms with van der Waals surface area (Å²) in [5.74, 6) is -2.33. The van der Waals surface area contributed by atoms with E-state index in [1.54, 1.807) is 0 Å². The Kier molecular flexibility index (Phi) is 12.6. The van der Waals surface area contributed by atoms with E-state index in [4.69, 9.17) is 0 Å². The molecule has 3 rings (SSSR count). The summed E-state index contributed by atoms with van der Waals surface area (Å²) in [6, 6.07) is 11.5. The molecule has 0 aromatic heterocycles. The van der Waals surface area contributed by atoms with Crippen molar-refractivity contribution in [3.05, 3.63) is 48.0 Å². The Morgan fingerprint density at radius 1 is 0.976 bits per heavy atom. The minimum absolute atomic E-state index is 0.0833. The number of nitrogens with one attached hydrogen (secondary N) is 2. The van der Waals surface area contributed by atoms with Crippen molar-refractivity contribution in [1.82, 2.24) is 10.6 Å². The molecule has 0 spiro atoms. The standard InChI is InChI=1S/C31H46N2O7S/c1-3-41(39,40)20-25(19-24-14-9-13-23-12-7-8-15-26(23)24)30(37)32-27(16-17-34)31(38)33-28(29(36)21(2)35)18-22-10-5-4-6-11-22/h7-9,12-15,21-22,25,27-29,34-36H,3-6,10-11,16-20H2,1-2H3,(H,32,37)(H,33,38)/t21-,25+,27-,28-,29-/m0/s1. The molecule has 0 heterocycles. The number of aliphatic hydroxyl groups excluding tert-OH is 3. The Morgan fingerprint density at radius 3 is 2.32 bits per heavy atom. The molecular formula is C31H46N2O7S. The highest BCUT2D eigenvalue weighted by Gasteiger charge is 2.33. The van der Waals surface area contributed by atoms with Crippen LogP contribution in [0.2, 0.25) is 0 Å². The van der Waals surface area contributed by atoms with Gasteiger partial charge in [0.15, 0.2) is 9.84 Å². The third-order valence-electron chi connectivity index (χ3n) is 8.21. The second-order valence-electron chi connectivity index (χ2n) is 11.4. The first-order valence-corrected chi connectivity index (χ1v) is 16.6. The van der Waals surface area contributed by atoms with Gasteiger partial charge in [-0.25, -0.2) is 8.42 Å². The van der Waals surface area contributed by atoms with Gasteiger partial charge in [-0.05, 0) is 48.4 Å². The molecule has 0 saturated heterocycles. The van der Waals surface area contributed by atoms with E-state index in [1.807, 2.05) is 42.5 Å². The van der Waals surface area contributed by atoms with E-state index in [9.17, 15) is 33.3 Å². The zero-order valence-electron chi connectivity index (χ0n) is 24.2. The van der Waals surface area contributed by atoms with Crippen molar-refractivity contribution in [2.45, 2.75) is 89.5 Å². The van der Waals surface area contributed by atoms with Gasteiger partial charge < -0.3 is 26.0 Å². The number of amides is 2. The van der Waals surface area contributed by atoms with Gasteiger partial charge in [0, 0.05) is 12.4 Å². The van der Waals surface area contributed by atoms with Crippen molar-refractivity contribution >= 4 is 32.4 Å². The number of hydrogen-bond donors (Lipinski definition) is 5. The summed E-state index contributed by atoms with van der Waals surface area (Å²) in [5.41, 5.74) is 0.824. The second-order valence-corrected chi connectivity index (χ2v) is 13.8. The zero-order valence-corrected chi connectivity index (χ0v) is 25.0. The fourth-order valence-electron chi connectivity index (χ4n) is 5.76. The number of aliphatic hydroxyl groups is 3. The number of carbonyl (C=O) groups excluding carboxylic acids is 2. The largest absolute Gasteiger partial charge is 0.396 e. The van der Waals surface area contributed by atoms with Crippen LogP contribution in [0, 0.1) is 11.8 Å². The van der Waals surface area contributed by atoms with E-state index in [0.717, 1.165) is 48.4 Å². The zero-order chi connectivity index (χ0) is 30.0. The highest BCUT2D eigenvalue weighted by Crippen LogP contribution is 2.28. The highest BCUT2D eigenvalue weighted by molar-refractivity contribution is 7.91. The van der Waals surface area contributed by atoms with Crippen molar-refractivity contribution in [2.75, 3.05) is 18.1 Å². The first-order valence-electron chi connectivity index (χ1n) is 14.8. The summed E-state index contributed by atoms with van der Waals surface area (Å²) < 4.78 is 25.3. The lowest BCUT2D eigenvalue weighted by atomic mass is 9.83. The fraction of sp³-hybridized carbons (Fsp3) is 0.613. The van der Waals surface area contributed by atoms with Crippen LogP contribution in [-0.2, 0) is 25.8 Å². The first kappa shape index (κ1) is 33.0. The summed E-state index contributed by atoms with van der Waals surface area (Å²) in [6.45, 7) is 2.61. The van der Waals surface area contributed by atoms with Crippen LogP contribution in [-0.4, -0.2) is 78.0 Å². The average Bonchev–Trinajstić information content (AvgIpc) is 2.96. The molecule has 1 fully saturated rings. The predicted molar refractivity (Wildman–Crippen MR) is 160 cm³/mol. The van der Waals surface area contributed by atoms with Crippen molar-refractivity contribution in [1.29, 1.82) is 0 Å². The first-order chi connectivity index (χ1) is 19.5. The Morgan fingerprint density at radius 2 is 1.66 bits per heavy atom. The topological polar surface area (TPSA) is 153 Å². The van der Waals surface area contributed by atoms with Crippen molar-refractivity contribution in [3.8, 4) is 0 Å². The predicted octanol–water partition coefficient (Wildman–Crippen LogP) is 2.50. The van der Waals surface area contributed by atoms with Crippen LogP contribution in [0.15, 0.2) is 42.5 Å². The second kappa shape index (κ2) is 15.6. The molecule has 0 aliphatic heterocycles. The molecule has 5 N–H and O–H groups in total. The number of hydrogen-bond acceptors (Lipinski definition) is 7. The number of fused-ring (bicyclic) bond motifs is 1. The molecule has 0 unspecified atom stereocenters. The van der Waals surface area contributed by atoms with Gasteiger partial charge in [0.25, 0.3) is 0 Å². The number of sulfone groups is 1. The lowest BCUT2D eigenvalue weighted by molar-refractivity contribution is -0.132. The van der Waals surface area contributed by atoms with E-state index < -0.39 is 51.9 Å². The molecule has 2 aromatic carbocycles. The molecule has 1 aliphatic carbocycles. The van der Waals surface area contributed by atoms with E-state index in [2.05, 4.69) is 10.6 Å². The van der Waals surface area contributed by atoms with E-state index in [0.29, 0.717) is 12.3 Å². The van der Waals surface area contributed by atoms with Gasteiger partial charge in [0.05, 0.1) is 29.9 Å². The Labute approximate surface area is 243 Å². The lowest BCUT2D eigenvalue weighted by Crippen LogP contribution is -2.56. The third-order valence-corrected chi connectivity index (χ3v) is 10.00. The van der Waals surface area contributed by atoms with E-state index >= 15 is 0 Å². The smallest absolute Gasteiger partial charge is 0.242 e. The number of rotatable bonds is 15. The van der Waals surface area contributed by atoms with E-state index in [1.165, 1.54) is 13.8 Å². The fourth-order valence-corrected chi connectivity index (χ4v) is 6.88. The Balaban J connectivity index is 1.80.